The maximum absolute atomic E-state index is 2.50. The summed E-state index contributed by atoms with van der Waals surface area (Å²) in [5.41, 5.74) is 13.4. The molecule has 0 saturated carbocycles. The van der Waals surface area contributed by atoms with Crippen molar-refractivity contribution in [2.75, 3.05) is 9.80 Å². The van der Waals surface area contributed by atoms with Crippen LogP contribution in [-0.2, 0) is 5.41 Å². The Hall–Kier alpha value is -5.90. The van der Waals surface area contributed by atoms with Crippen molar-refractivity contribution < 1.29 is 0 Å². The van der Waals surface area contributed by atoms with Crippen molar-refractivity contribution in [2.24, 2.45) is 0 Å². The average molecular weight is 715 g/mol. The van der Waals surface area contributed by atoms with Crippen LogP contribution in [-0.4, -0.2) is 8.07 Å². The van der Waals surface area contributed by atoms with Gasteiger partial charge in [0.15, 0.2) is 0 Å². The van der Waals surface area contributed by atoms with E-state index in [4.69, 9.17) is 0 Å². The van der Waals surface area contributed by atoms with Crippen molar-refractivity contribution >= 4 is 68.9 Å². The fourth-order valence-corrected chi connectivity index (χ4v) is 10.4. The molecule has 8 aromatic carbocycles. The number of hydrogen-bond acceptors (Lipinski definition) is 2. The summed E-state index contributed by atoms with van der Waals surface area (Å²) in [6.07, 6.45) is 0. The first-order valence-electron chi connectivity index (χ1n) is 19.1. The van der Waals surface area contributed by atoms with Gasteiger partial charge in [-0.2, -0.15) is 0 Å². The molecule has 0 N–H and O–H groups in total. The molecule has 0 amide bonds. The summed E-state index contributed by atoms with van der Waals surface area (Å²) in [4.78, 5) is 4.92. The van der Waals surface area contributed by atoms with E-state index < -0.39 is 8.07 Å². The van der Waals surface area contributed by atoms with Crippen molar-refractivity contribution in [3.63, 3.8) is 0 Å². The van der Waals surface area contributed by atoms with E-state index in [0.717, 1.165) is 11.4 Å². The van der Waals surface area contributed by atoms with Gasteiger partial charge >= 0.3 is 0 Å². The van der Waals surface area contributed by atoms with Gasteiger partial charge in [-0.25, -0.2) is 0 Å². The van der Waals surface area contributed by atoms with E-state index in [9.17, 15) is 0 Å². The highest BCUT2D eigenvalue weighted by Crippen LogP contribution is 2.56. The smallest absolute Gasteiger partial charge is 0.0784 e. The summed E-state index contributed by atoms with van der Waals surface area (Å²) in [5, 5.41) is 6.68. The highest BCUT2D eigenvalue weighted by Gasteiger charge is 2.39. The standard InChI is InChI=1S/C51H46N2Si/c1-35-19-13-18-28-46(35)53(47-31-32-49(54(4,5)6)41-26-16-14-24-39(41)47)38-29-30-43-44(33-38)51(2,3)45-34-48(40-25-15-17-27-42(40)50(43)45)52(36-20-9-7-10-21-36)37-22-11-8-12-23-37/h7-34H,1-6H3. The van der Waals surface area contributed by atoms with Gasteiger partial charge in [0.25, 0.3) is 0 Å². The third-order valence-electron chi connectivity index (χ3n) is 11.5. The lowest BCUT2D eigenvalue weighted by atomic mass is 9.81. The van der Waals surface area contributed by atoms with Gasteiger partial charge in [-0.1, -0.05) is 154 Å². The van der Waals surface area contributed by atoms with Gasteiger partial charge in [0.2, 0.25) is 0 Å². The lowest BCUT2D eigenvalue weighted by Crippen LogP contribution is -2.38. The number of aryl methyl sites for hydroxylation is 1. The van der Waals surface area contributed by atoms with Gasteiger partial charge in [0, 0.05) is 38.9 Å². The van der Waals surface area contributed by atoms with E-state index >= 15 is 0 Å². The van der Waals surface area contributed by atoms with Crippen LogP contribution in [0.1, 0.15) is 30.5 Å². The number of fused-ring (bicyclic) bond motifs is 6. The van der Waals surface area contributed by atoms with Gasteiger partial charge in [-0.15, -0.1) is 0 Å². The van der Waals surface area contributed by atoms with Crippen molar-refractivity contribution in [1.82, 2.24) is 0 Å². The van der Waals surface area contributed by atoms with Gasteiger partial charge in [0.05, 0.1) is 19.4 Å². The van der Waals surface area contributed by atoms with Crippen LogP contribution in [0.4, 0.5) is 34.1 Å². The van der Waals surface area contributed by atoms with E-state index in [2.05, 4.69) is 220 Å². The summed E-state index contributed by atoms with van der Waals surface area (Å²) in [5.74, 6) is 0. The fraction of sp³-hybridized carbons (Fsp3) is 0.137. The third-order valence-corrected chi connectivity index (χ3v) is 13.5. The molecule has 1 aliphatic carbocycles. The normalized spacial score (nSPS) is 13.1. The lowest BCUT2D eigenvalue weighted by Gasteiger charge is -2.31. The molecule has 0 unspecified atom stereocenters. The number of rotatable bonds is 7. The topological polar surface area (TPSA) is 6.48 Å². The molecule has 0 aromatic heterocycles. The molecular formula is C51H46N2Si. The molecule has 2 nitrogen and oxygen atoms in total. The van der Waals surface area contributed by atoms with Gasteiger partial charge in [-0.05, 0) is 100 Å². The van der Waals surface area contributed by atoms with Crippen LogP contribution in [0.25, 0.3) is 32.7 Å². The molecule has 3 heteroatoms. The van der Waals surface area contributed by atoms with Crippen LogP contribution < -0.4 is 15.0 Å². The first-order chi connectivity index (χ1) is 26.1. The minimum atomic E-state index is -1.60. The van der Waals surface area contributed by atoms with Gasteiger partial charge in [-0.3, -0.25) is 0 Å². The molecule has 0 atom stereocenters. The molecule has 1 aliphatic rings. The number of nitrogens with zero attached hydrogens (tertiary/aromatic N) is 2. The zero-order valence-electron chi connectivity index (χ0n) is 32.1. The number of benzene rings is 8. The second-order valence-electron chi connectivity index (χ2n) is 16.3. The van der Waals surface area contributed by atoms with Gasteiger partial charge in [0.1, 0.15) is 0 Å². The SMILES string of the molecule is Cc1ccccc1N(c1ccc2c(c1)C(C)(C)c1cc(N(c3ccccc3)c3ccccc3)c3ccccc3c1-2)c1ccc([Si](C)(C)C)c2ccccc12. The molecule has 0 aliphatic heterocycles. The highest BCUT2D eigenvalue weighted by atomic mass is 28.3. The Morgan fingerprint density at radius 2 is 0.981 bits per heavy atom. The molecular weight excluding hydrogens is 669 g/mol. The molecule has 9 rings (SSSR count). The first-order valence-corrected chi connectivity index (χ1v) is 22.6. The summed E-state index contributed by atoms with van der Waals surface area (Å²) < 4.78 is 0. The lowest BCUT2D eigenvalue weighted by molar-refractivity contribution is 0.661. The number of anilines is 6. The Bertz CT molecular complexity index is 2650. The molecule has 8 aromatic rings. The average Bonchev–Trinajstić information content (AvgIpc) is 3.41. The Labute approximate surface area is 321 Å². The van der Waals surface area contributed by atoms with Crippen LogP contribution in [0, 0.1) is 6.92 Å². The Morgan fingerprint density at radius 3 is 1.61 bits per heavy atom. The van der Waals surface area contributed by atoms with Crippen molar-refractivity contribution in [3.8, 4) is 11.1 Å². The van der Waals surface area contributed by atoms with E-state index in [-0.39, 0.29) is 5.41 Å². The zero-order chi connectivity index (χ0) is 37.2. The largest absolute Gasteiger partial charge is 0.310 e. The van der Waals surface area contributed by atoms with E-state index in [1.165, 1.54) is 77.3 Å². The van der Waals surface area contributed by atoms with Crippen molar-refractivity contribution in [3.05, 3.63) is 187 Å². The molecule has 0 radical (unpaired) electrons. The second-order valence-corrected chi connectivity index (χ2v) is 21.3. The van der Waals surface area contributed by atoms with Crippen LogP contribution >= 0.6 is 0 Å². The molecule has 0 bridgehead atoms. The molecule has 0 saturated heterocycles. The third kappa shape index (κ3) is 5.45. The second kappa shape index (κ2) is 12.9. The highest BCUT2D eigenvalue weighted by molar-refractivity contribution is 6.90. The van der Waals surface area contributed by atoms with Crippen molar-refractivity contribution in [2.45, 2.75) is 45.8 Å². The maximum Gasteiger partial charge on any atom is 0.0784 e. The molecule has 0 fully saturated rings. The van der Waals surface area contributed by atoms with E-state index in [1.807, 2.05) is 0 Å². The molecule has 54 heavy (non-hydrogen) atoms. The first kappa shape index (κ1) is 33.9. The molecule has 264 valence electrons. The monoisotopic (exact) mass is 714 g/mol. The molecule has 0 spiro atoms. The minimum Gasteiger partial charge on any atom is -0.310 e. The van der Waals surface area contributed by atoms with E-state index in [1.54, 1.807) is 0 Å². The van der Waals surface area contributed by atoms with Crippen molar-refractivity contribution in [1.29, 1.82) is 0 Å². The maximum atomic E-state index is 2.50. The summed E-state index contributed by atoms with van der Waals surface area (Å²) in [6, 6.07) is 62.8. The Balaban J connectivity index is 1.27. The van der Waals surface area contributed by atoms with Crippen LogP contribution in [0.3, 0.4) is 0 Å². The number of para-hydroxylation sites is 3. The van der Waals surface area contributed by atoms with Crippen LogP contribution in [0.15, 0.2) is 170 Å². The predicted molar refractivity (Wildman–Crippen MR) is 236 cm³/mol. The van der Waals surface area contributed by atoms with Crippen LogP contribution in [0.2, 0.25) is 19.6 Å². The summed E-state index contributed by atoms with van der Waals surface area (Å²) >= 11 is 0. The molecule has 0 heterocycles. The minimum absolute atomic E-state index is 0.250. The summed E-state index contributed by atoms with van der Waals surface area (Å²) in [7, 11) is -1.60. The van der Waals surface area contributed by atoms with Crippen LogP contribution in [0.5, 0.6) is 0 Å². The number of hydrogen-bond donors (Lipinski definition) is 0. The quantitative estimate of drug-likeness (QED) is 0.152. The Morgan fingerprint density at radius 1 is 0.426 bits per heavy atom. The zero-order valence-corrected chi connectivity index (χ0v) is 33.1. The van der Waals surface area contributed by atoms with Gasteiger partial charge < -0.3 is 9.80 Å². The van der Waals surface area contributed by atoms with E-state index in [0.29, 0.717) is 0 Å². The Kier molecular flexibility index (Phi) is 8.10. The predicted octanol–water partition coefficient (Wildman–Crippen LogP) is 14.1. The fourth-order valence-electron chi connectivity index (χ4n) is 8.81. The summed E-state index contributed by atoms with van der Waals surface area (Å²) in [6.45, 7) is 14.4.